The van der Waals surface area contributed by atoms with E-state index in [0.29, 0.717) is 12.6 Å². The number of nitrogens with zero attached hydrogens (tertiary/aromatic N) is 3. The number of nitrogens with one attached hydrogen (secondary N) is 1. The summed E-state index contributed by atoms with van der Waals surface area (Å²) in [4.78, 5) is 19.9. The zero-order chi connectivity index (χ0) is 26.3. The topological polar surface area (TPSA) is 68.3 Å². The van der Waals surface area contributed by atoms with E-state index in [-0.39, 0.29) is 30.1 Å². The number of carbonyl (C=O) groups is 1. The van der Waals surface area contributed by atoms with E-state index in [0.717, 1.165) is 57.8 Å². The van der Waals surface area contributed by atoms with Crippen LogP contribution in [0.15, 0.2) is 30.3 Å². The van der Waals surface area contributed by atoms with Gasteiger partial charge in [0.25, 0.3) is 0 Å². The first-order chi connectivity index (χ1) is 18.6. The smallest absolute Gasteiger partial charge is 0.309 e. The van der Waals surface area contributed by atoms with Crippen molar-refractivity contribution in [2.24, 2.45) is 5.92 Å². The Hall–Kier alpha value is -1.51. The summed E-state index contributed by atoms with van der Waals surface area (Å²) in [6, 6.07) is 12.5. The Morgan fingerprint density at radius 3 is 2.26 bits per heavy atom. The molecule has 0 amide bonds. The van der Waals surface area contributed by atoms with Crippen LogP contribution in [-0.2, 0) is 16.1 Å². The van der Waals surface area contributed by atoms with Gasteiger partial charge in [-0.2, -0.15) is 0 Å². The van der Waals surface area contributed by atoms with Crippen molar-refractivity contribution >= 4 is 5.97 Å². The molecule has 0 radical (unpaired) electrons. The highest BCUT2D eigenvalue weighted by Crippen LogP contribution is 2.30. The lowest BCUT2D eigenvalue weighted by atomic mass is 9.84. The molecule has 7 heteroatoms. The number of carbonyl (C=O) groups excluding carboxylic acids is 1. The first kappa shape index (κ1) is 28.0. The van der Waals surface area contributed by atoms with Crippen LogP contribution in [0.1, 0.15) is 70.3 Å². The maximum absolute atomic E-state index is 12.1. The number of likely N-dealkylation sites (tertiary alicyclic amines) is 3. The summed E-state index contributed by atoms with van der Waals surface area (Å²) >= 11 is 0. The van der Waals surface area contributed by atoms with Crippen LogP contribution >= 0.6 is 0 Å². The van der Waals surface area contributed by atoms with Crippen molar-refractivity contribution in [3.63, 3.8) is 0 Å². The molecule has 0 aromatic heterocycles. The summed E-state index contributed by atoms with van der Waals surface area (Å²) in [6.45, 7) is 9.94. The lowest BCUT2D eigenvalue weighted by Gasteiger charge is -2.46. The average molecular weight is 527 g/mol. The number of piperidine rings is 3. The van der Waals surface area contributed by atoms with Gasteiger partial charge in [0.05, 0.1) is 18.6 Å². The molecule has 3 unspecified atom stereocenters. The minimum absolute atomic E-state index is 0.0298. The fraction of sp³-hybridized carbons (Fsp3) is 0.774. The van der Waals surface area contributed by atoms with Crippen molar-refractivity contribution in [1.29, 1.82) is 0 Å². The number of aliphatic hydroxyl groups excluding tert-OH is 1. The van der Waals surface area contributed by atoms with Crippen LogP contribution in [0.2, 0.25) is 0 Å². The van der Waals surface area contributed by atoms with Crippen LogP contribution < -0.4 is 5.32 Å². The number of rotatable bonds is 8. The van der Waals surface area contributed by atoms with Crippen LogP contribution in [0.25, 0.3) is 0 Å². The molecule has 2 N–H and O–H groups in total. The van der Waals surface area contributed by atoms with E-state index in [4.69, 9.17) is 4.74 Å². The van der Waals surface area contributed by atoms with Crippen LogP contribution in [0.5, 0.6) is 0 Å². The standard InChI is InChI=1S/C31H50N4O3/c1-2-38-31(37)25-11-19-35(20-12-25)29-10-6-9-28(30(29)36)32-26-13-21-34(22-14-26)27-15-17-33(18-16-27)23-24-7-4-3-5-8-24/h3-5,7-8,25-30,32,36H,2,6,9-23H2,1H3. The van der Waals surface area contributed by atoms with E-state index in [2.05, 4.69) is 50.3 Å². The first-order valence-corrected chi connectivity index (χ1v) is 15.5. The lowest BCUT2D eigenvalue weighted by molar-refractivity contribution is -0.150. The summed E-state index contributed by atoms with van der Waals surface area (Å²) in [5, 5.41) is 15.2. The van der Waals surface area contributed by atoms with E-state index in [1.165, 1.54) is 57.4 Å². The third-order valence-corrected chi connectivity index (χ3v) is 9.74. The van der Waals surface area contributed by atoms with Crippen molar-refractivity contribution in [1.82, 2.24) is 20.0 Å². The molecular formula is C31H50N4O3. The van der Waals surface area contributed by atoms with Crippen molar-refractivity contribution in [3.8, 4) is 0 Å². The summed E-state index contributed by atoms with van der Waals surface area (Å²) in [5.41, 5.74) is 1.42. The van der Waals surface area contributed by atoms with Gasteiger partial charge < -0.3 is 20.1 Å². The van der Waals surface area contributed by atoms with Gasteiger partial charge >= 0.3 is 5.97 Å². The summed E-state index contributed by atoms with van der Waals surface area (Å²) in [5.74, 6) is -0.0119. The molecule has 0 bridgehead atoms. The van der Waals surface area contributed by atoms with Crippen LogP contribution in [0.4, 0.5) is 0 Å². The molecule has 1 aliphatic carbocycles. The molecule has 4 aliphatic rings. The molecule has 1 aromatic carbocycles. The number of esters is 1. The quantitative estimate of drug-likeness (QED) is 0.504. The molecule has 1 saturated carbocycles. The van der Waals surface area contributed by atoms with Crippen molar-refractivity contribution in [2.45, 2.75) is 102 Å². The second-order valence-electron chi connectivity index (χ2n) is 12.1. The van der Waals surface area contributed by atoms with E-state index < -0.39 is 0 Å². The predicted molar refractivity (Wildman–Crippen MR) is 151 cm³/mol. The average Bonchev–Trinajstić information content (AvgIpc) is 2.96. The van der Waals surface area contributed by atoms with Gasteiger partial charge in [-0.25, -0.2) is 0 Å². The van der Waals surface area contributed by atoms with Crippen LogP contribution in [0.3, 0.4) is 0 Å². The molecule has 5 rings (SSSR count). The van der Waals surface area contributed by atoms with Gasteiger partial charge in [0, 0.05) is 30.7 Å². The molecule has 212 valence electrons. The molecule has 4 fully saturated rings. The van der Waals surface area contributed by atoms with Crippen molar-refractivity contribution < 1.29 is 14.6 Å². The Balaban J connectivity index is 1.02. The number of hydrogen-bond acceptors (Lipinski definition) is 7. The highest BCUT2D eigenvalue weighted by atomic mass is 16.5. The van der Waals surface area contributed by atoms with E-state index in [1.54, 1.807) is 0 Å². The Morgan fingerprint density at radius 2 is 1.58 bits per heavy atom. The summed E-state index contributed by atoms with van der Waals surface area (Å²) < 4.78 is 5.24. The molecule has 0 spiro atoms. The van der Waals surface area contributed by atoms with E-state index in [9.17, 15) is 9.90 Å². The summed E-state index contributed by atoms with van der Waals surface area (Å²) in [6.07, 6.45) is 9.59. The predicted octanol–water partition coefficient (Wildman–Crippen LogP) is 3.26. The minimum Gasteiger partial charge on any atom is -0.466 e. The van der Waals surface area contributed by atoms with Gasteiger partial charge in [0.1, 0.15) is 0 Å². The molecule has 3 atom stereocenters. The normalized spacial score (nSPS) is 29.9. The molecule has 38 heavy (non-hydrogen) atoms. The highest BCUT2D eigenvalue weighted by Gasteiger charge is 2.39. The monoisotopic (exact) mass is 526 g/mol. The number of benzene rings is 1. The van der Waals surface area contributed by atoms with Crippen LogP contribution in [-0.4, -0.2) is 102 Å². The second kappa shape index (κ2) is 13.7. The number of hydrogen-bond donors (Lipinski definition) is 2. The fourth-order valence-electron chi connectivity index (χ4n) is 7.48. The van der Waals surface area contributed by atoms with Gasteiger partial charge in [-0.1, -0.05) is 36.8 Å². The Morgan fingerprint density at radius 1 is 0.895 bits per heavy atom. The molecule has 1 aromatic rings. The zero-order valence-electron chi connectivity index (χ0n) is 23.5. The molecule has 7 nitrogen and oxygen atoms in total. The molecular weight excluding hydrogens is 476 g/mol. The maximum atomic E-state index is 12.1. The van der Waals surface area contributed by atoms with Gasteiger partial charge in [-0.3, -0.25) is 14.6 Å². The lowest BCUT2D eigenvalue weighted by Crippen LogP contribution is -2.60. The number of ether oxygens (including phenoxy) is 1. The molecule has 3 saturated heterocycles. The van der Waals surface area contributed by atoms with Crippen LogP contribution in [0, 0.1) is 5.92 Å². The van der Waals surface area contributed by atoms with Gasteiger partial charge in [0.2, 0.25) is 0 Å². The van der Waals surface area contributed by atoms with E-state index in [1.807, 2.05) is 6.92 Å². The van der Waals surface area contributed by atoms with E-state index >= 15 is 0 Å². The third-order valence-electron chi connectivity index (χ3n) is 9.74. The van der Waals surface area contributed by atoms with Gasteiger partial charge in [0.15, 0.2) is 0 Å². The third kappa shape index (κ3) is 7.16. The van der Waals surface area contributed by atoms with Crippen molar-refractivity contribution in [3.05, 3.63) is 35.9 Å². The molecule has 3 aliphatic heterocycles. The number of aliphatic hydroxyl groups is 1. The SMILES string of the molecule is CCOC(=O)C1CCN(C2CCCC(NC3CCN(C4CCN(Cc5ccccc5)CC4)CC3)C2O)CC1. The second-order valence-corrected chi connectivity index (χ2v) is 12.1. The first-order valence-electron chi connectivity index (χ1n) is 15.5. The highest BCUT2D eigenvalue weighted by molar-refractivity contribution is 5.72. The Bertz CT molecular complexity index is 846. The minimum atomic E-state index is -0.324. The maximum Gasteiger partial charge on any atom is 0.309 e. The van der Waals surface area contributed by atoms with Gasteiger partial charge in [-0.15, -0.1) is 0 Å². The molecule has 3 heterocycles. The summed E-state index contributed by atoms with van der Waals surface area (Å²) in [7, 11) is 0. The van der Waals surface area contributed by atoms with Gasteiger partial charge in [-0.05, 0) is 103 Å². The van der Waals surface area contributed by atoms with Crippen molar-refractivity contribution in [2.75, 3.05) is 45.9 Å². The largest absolute Gasteiger partial charge is 0.466 e. The Kier molecular flexibility index (Phi) is 10.1. The fourth-order valence-corrected chi connectivity index (χ4v) is 7.48. The zero-order valence-corrected chi connectivity index (χ0v) is 23.5. The Labute approximate surface area is 229 Å².